The molecule has 2 N–H and O–H groups in total. The lowest BCUT2D eigenvalue weighted by molar-refractivity contribution is 0.0471. The molecule has 1 unspecified atom stereocenters. The van der Waals surface area contributed by atoms with E-state index in [-0.39, 0.29) is 5.56 Å². The van der Waals surface area contributed by atoms with Gasteiger partial charge in [0.25, 0.3) is 0 Å². The van der Waals surface area contributed by atoms with Gasteiger partial charge in [-0.3, -0.25) is 0 Å². The lowest BCUT2D eigenvalue weighted by Crippen LogP contribution is -2.52. The van der Waals surface area contributed by atoms with E-state index in [4.69, 9.17) is 4.74 Å². The van der Waals surface area contributed by atoms with Gasteiger partial charge in [-0.25, -0.2) is 13.6 Å². The van der Waals surface area contributed by atoms with Gasteiger partial charge in [0.05, 0.1) is 5.54 Å². The lowest BCUT2D eigenvalue weighted by Gasteiger charge is -2.30. The smallest absolute Gasteiger partial charge is 0.408 e. The Labute approximate surface area is 136 Å². The molecule has 0 radical (unpaired) electrons. The average Bonchev–Trinajstić information content (AvgIpc) is 2.36. The quantitative estimate of drug-likeness (QED) is 0.861. The summed E-state index contributed by atoms with van der Waals surface area (Å²) in [6.07, 6.45) is -0.520. The zero-order valence-corrected chi connectivity index (χ0v) is 14.6. The van der Waals surface area contributed by atoms with Crippen molar-refractivity contribution in [3.05, 3.63) is 35.4 Å². The summed E-state index contributed by atoms with van der Waals surface area (Å²) >= 11 is 0. The number of rotatable bonds is 5. The highest BCUT2D eigenvalue weighted by Crippen LogP contribution is 2.19. The molecule has 23 heavy (non-hydrogen) atoms. The van der Waals surface area contributed by atoms with Crippen LogP contribution in [0.25, 0.3) is 0 Å². The molecule has 1 aromatic rings. The highest BCUT2D eigenvalue weighted by molar-refractivity contribution is 5.68. The fourth-order valence-corrected chi connectivity index (χ4v) is 2.00. The number of ether oxygens (including phenoxy) is 1. The lowest BCUT2D eigenvalue weighted by atomic mass is 10.0. The Bertz CT molecular complexity index is 554. The van der Waals surface area contributed by atoms with Gasteiger partial charge in [0.15, 0.2) is 11.6 Å². The molecule has 1 amide bonds. The van der Waals surface area contributed by atoms with Crippen LogP contribution in [-0.4, -0.2) is 23.8 Å². The second-order valence-electron chi connectivity index (χ2n) is 7.26. The van der Waals surface area contributed by atoms with Gasteiger partial charge >= 0.3 is 6.09 Å². The standard InChI is InChI=1S/C17H26F2N2O2/c1-11(12-8-7-9-13(18)14(12)19)20-10-17(5,6)21-15(22)23-16(2,3)4/h7-9,11,20H,10H2,1-6H3,(H,21,22). The topological polar surface area (TPSA) is 50.4 Å². The first kappa shape index (κ1) is 19.4. The van der Waals surface area contributed by atoms with Crippen molar-refractivity contribution in [1.29, 1.82) is 0 Å². The van der Waals surface area contributed by atoms with Gasteiger partial charge in [-0.15, -0.1) is 0 Å². The van der Waals surface area contributed by atoms with Crippen molar-refractivity contribution in [2.24, 2.45) is 0 Å². The molecule has 1 atom stereocenters. The van der Waals surface area contributed by atoms with Crippen molar-refractivity contribution < 1.29 is 18.3 Å². The van der Waals surface area contributed by atoms with E-state index in [0.29, 0.717) is 6.54 Å². The number of hydrogen-bond donors (Lipinski definition) is 2. The summed E-state index contributed by atoms with van der Waals surface area (Å²) in [5.41, 5.74) is -0.940. The van der Waals surface area contributed by atoms with E-state index in [1.54, 1.807) is 27.7 Å². The maximum absolute atomic E-state index is 13.8. The molecule has 0 aromatic heterocycles. The second-order valence-corrected chi connectivity index (χ2v) is 7.26. The summed E-state index contributed by atoms with van der Waals surface area (Å²) in [7, 11) is 0. The van der Waals surface area contributed by atoms with Crippen LogP contribution in [-0.2, 0) is 4.74 Å². The summed E-state index contributed by atoms with van der Waals surface area (Å²) < 4.78 is 32.2. The Kier molecular flexibility index (Phi) is 6.11. The molecule has 0 aliphatic rings. The molecule has 1 aromatic carbocycles. The molecule has 0 saturated heterocycles. The Morgan fingerprint density at radius 3 is 2.39 bits per heavy atom. The number of nitrogens with one attached hydrogen (secondary N) is 2. The summed E-state index contributed by atoms with van der Waals surface area (Å²) in [6, 6.07) is 3.69. The Morgan fingerprint density at radius 1 is 1.22 bits per heavy atom. The Hall–Kier alpha value is -1.69. The van der Waals surface area contributed by atoms with Crippen LogP contribution in [0.1, 0.15) is 53.1 Å². The molecule has 0 fully saturated rings. The molecule has 4 nitrogen and oxygen atoms in total. The van der Waals surface area contributed by atoms with Crippen LogP contribution < -0.4 is 10.6 Å². The number of amides is 1. The zero-order valence-electron chi connectivity index (χ0n) is 14.6. The third kappa shape index (κ3) is 6.52. The van der Waals surface area contributed by atoms with Crippen molar-refractivity contribution >= 4 is 6.09 Å². The largest absolute Gasteiger partial charge is 0.444 e. The van der Waals surface area contributed by atoms with Crippen molar-refractivity contribution in [1.82, 2.24) is 10.6 Å². The molecule has 0 aliphatic heterocycles. The average molecular weight is 328 g/mol. The molecular weight excluding hydrogens is 302 g/mol. The summed E-state index contributed by atoms with van der Waals surface area (Å²) in [6.45, 7) is 11.1. The first-order valence-electron chi connectivity index (χ1n) is 7.60. The van der Waals surface area contributed by atoms with E-state index in [2.05, 4.69) is 10.6 Å². The number of alkyl carbamates (subject to hydrolysis) is 1. The van der Waals surface area contributed by atoms with Gasteiger partial charge in [0, 0.05) is 18.2 Å². The van der Waals surface area contributed by atoms with Crippen molar-refractivity contribution in [3.8, 4) is 0 Å². The SMILES string of the molecule is CC(NCC(C)(C)NC(=O)OC(C)(C)C)c1cccc(F)c1F. The minimum atomic E-state index is -0.873. The first-order chi connectivity index (χ1) is 10.4. The minimum Gasteiger partial charge on any atom is -0.444 e. The summed E-state index contributed by atoms with van der Waals surface area (Å²) in [5, 5.41) is 5.85. The van der Waals surface area contributed by atoms with Gasteiger partial charge < -0.3 is 15.4 Å². The molecule has 0 saturated carbocycles. The van der Waals surface area contributed by atoms with E-state index in [0.717, 1.165) is 6.07 Å². The molecule has 130 valence electrons. The van der Waals surface area contributed by atoms with Gasteiger partial charge in [-0.2, -0.15) is 0 Å². The van der Waals surface area contributed by atoms with Crippen molar-refractivity contribution in [3.63, 3.8) is 0 Å². The number of hydrogen-bond acceptors (Lipinski definition) is 3. The van der Waals surface area contributed by atoms with E-state index >= 15 is 0 Å². The number of carbonyl (C=O) groups excluding carboxylic acids is 1. The number of carbonyl (C=O) groups is 1. The Balaban J connectivity index is 2.61. The number of benzene rings is 1. The minimum absolute atomic E-state index is 0.248. The van der Waals surface area contributed by atoms with Gasteiger partial charge in [0.1, 0.15) is 5.60 Å². The van der Waals surface area contributed by atoms with Gasteiger partial charge in [-0.05, 0) is 47.6 Å². The summed E-state index contributed by atoms with van der Waals surface area (Å²) in [4.78, 5) is 11.8. The predicted molar refractivity (Wildman–Crippen MR) is 86.2 cm³/mol. The van der Waals surface area contributed by atoms with Crippen LogP contribution >= 0.6 is 0 Å². The monoisotopic (exact) mass is 328 g/mol. The molecule has 0 heterocycles. The molecule has 1 rings (SSSR count). The second kappa shape index (κ2) is 7.25. The van der Waals surface area contributed by atoms with Crippen molar-refractivity contribution in [2.75, 3.05) is 6.54 Å². The summed E-state index contributed by atoms with van der Waals surface area (Å²) in [5.74, 6) is -1.73. The molecule has 0 aliphatic carbocycles. The maximum Gasteiger partial charge on any atom is 0.408 e. The Morgan fingerprint density at radius 2 is 1.83 bits per heavy atom. The number of halogens is 2. The zero-order chi connectivity index (χ0) is 17.8. The fraction of sp³-hybridized carbons (Fsp3) is 0.588. The van der Waals surface area contributed by atoms with Gasteiger partial charge in [0.2, 0.25) is 0 Å². The third-order valence-electron chi connectivity index (χ3n) is 3.14. The first-order valence-corrected chi connectivity index (χ1v) is 7.60. The normalized spacial score (nSPS) is 13.6. The molecule has 0 bridgehead atoms. The van der Waals surface area contributed by atoms with Gasteiger partial charge in [-0.1, -0.05) is 12.1 Å². The highest BCUT2D eigenvalue weighted by Gasteiger charge is 2.25. The van der Waals surface area contributed by atoms with E-state index in [1.807, 2.05) is 13.8 Å². The van der Waals surface area contributed by atoms with Crippen LogP contribution in [0.5, 0.6) is 0 Å². The molecule has 6 heteroatoms. The van der Waals surface area contributed by atoms with Crippen LogP contribution in [0.3, 0.4) is 0 Å². The van der Waals surface area contributed by atoms with Crippen LogP contribution in [0, 0.1) is 11.6 Å². The highest BCUT2D eigenvalue weighted by atomic mass is 19.2. The van der Waals surface area contributed by atoms with E-state index < -0.39 is 34.9 Å². The third-order valence-corrected chi connectivity index (χ3v) is 3.14. The van der Waals surface area contributed by atoms with E-state index in [9.17, 15) is 13.6 Å². The van der Waals surface area contributed by atoms with Crippen LogP contribution in [0.2, 0.25) is 0 Å². The van der Waals surface area contributed by atoms with Crippen molar-refractivity contribution in [2.45, 2.75) is 58.7 Å². The molecular formula is C17H26F2N2O2. The fourth-order valence-electron chi connectivity index (χ4n) is 2.00. The molecule has 0 spiro atoms. The van der Waals surface area contributed by atoms with Crippen LogP contribution in [0.4, 0.5) is 13.6 Å². The van der Waals surface area contributed by atoms with E-state index in [1.165, 1.54) is 12.1 Å². The maximum atomic E-state index is 13.8. The predicted octanol–water partition coefficient (Wildman–Crippen LogP) is 3.92. The van der Waals surface area contributed by atoms with Crippen LogP contribution in [0.15, 0.2) is 18.2 Å².